The number of aliphatic carboxylic acids is 1. The highest BCUT2D eigenvalue weighted by molar-refractivity contribution is 7.89. The van der Waals surface area contributed by atoms with Gasteiger partial charge in [0.05, 0.1) is 17.0 Å². The fourth-order valence-electron chi connectivity index (χ4n) is 1.99. The summed E-state index contributed by atoms with van der Waals surface area (Å²) in [6.45, 7) is 1.04. The summed E-state index contributed by atoms with van der Waals surface area (Å²) in [6.07, 6.45) is -3.27. The van der Waals surface area contributed by atoms with Crippen molar-refractivity contribution in [2.75, 3.05) is 6.54 Å². The van der Waals surface area contributed by atoms with E-state index in [0.29, 0.717) is 18.9 Å². The molecule has 11 heteroatoms. The number of carbonyl (C=O) groups excluding carboxylic acids is 1. The number of rotatable bonds is 9. The van der Waals surface area contributed by atoms with Gasteiger partial charge < -0.3 is 10.4 Å². The molecule has 0 radical (unpaired) electrons. The van der Waals surface area contributed by atoms with E-state index in [0.717, 1.165) is 18.2 Å². The normalized spacial score (nSPS) is 13.2. The molecule has 7 nitrogen and oxygen atoms in total. The molecule has 1 unspecified atom stereocenters. The monoisotopic (exact) mass is 396 g/mol. The van der Waals surface area contributed by atoms with E-state index in [4.69, 9.17) is 5.11 Å². The average Bonchev–Trinajstić information content (AvgIpc) is 2.56. The number of sulfonamides is 1. The van der Waals surface area contributed by atoms with Gasteiger partial charge in [0.1, 0.15) is 6.04 Å². The van der Waals surface area contributed by atoms with E-state index in [1.807, 2.05) is 11.6 Å². The number of amides is 1. The average molecular weight is 396 g/mol. The summed E-state index contributed by atoms with van der Waals surface area (Å²) in [4.78, 5) is 22.1. The van der Waals surface area contributed by atoms with Gasteiger partial charge in [-0.05, 0) is 24.6 Å². The van der Waals surface area contributed by atoms with Gasteiger partial charge in [-0.1, -0.05) is 25.8 Å². The molecule has 0 aliphatic rings. The second-order valence-electron chi connectivity index (χ2n) is 5.45. The lowest BCUT2D eigenvalue weighted by Crippen LogP contribution is -2.45. The lowest BCUT2D eigenvalue weighted by Gasteiger charge is -2.14. The SMILES string of the molecule is CCCCC(NC(=O)CNS(=O)(=O)c1cccc(C(F)(F)F)c1)C(=O)O. The summed E-state index contributed by atoms with van der Waals surface area (Å²) in [7, 11) is -4.37. The van der Waals surface area contributed by atoms with Gasteiger partial charge in [0.2, 0.25) is 15.9 Å². The molecular weight excluding hydrogens is 377 g/mol. The molecule has 0 saturated carbocycles. The van der Waals surface area contributed by atoms with Crippen molar-refractivity contribution >= 4 is 21.9 Å². The molecule has 0 aromatic heterocycles. The molecule has 1 amide bonds. The van der Waals surface area contributed by atoms with Gasteiger partial charge in [0, 0.05) is 0 Å². The molecule has 0 bridgehead atoms. The van der Waals surface area contributed by atoms with Crippen LogP contribution in [0.1, 0.15) is 31.7 Å². The van der Waals surface area contributed by atoms with Gasteiger partial charge in [-0.25, -0.2) is 17.9 Å². The first-order valence-corrected chi connectivity index (χ1v) is 9.14. The van der Waals surface area contributed by atoms with Crippen molar-refractivity contribution in [2.24, 2.45) is 0 Å². The van der Waals surface area contributed by atoms with Gasteiger partial charge in [-0.3, -0.25) is 4.79 Å². The lowest BCUT2D eigenvalue weighted by molar-refractivity contribution is -0.141. The molecule has 0 heterocycles. The highest BCUT2D eigenvalue weighted by Crippen LogP contribution is 2.30. The number of alkyl halides is 3. The van der Waals surface area contributed by atoms with Crippen LogP contribution in [-0.2, 0) is 25.8 Å². The first-order valence-electron chi connectivity index (χ1n) is 7.66. The van der Waals surface area contributed by atoms with Crippen LogP contribution in [0.4, 0.5) is 13.2 Å². The first kappa shape index (κ1) is 21.9. The molecule has 1 aromatic rings. The van der Waals surface area contributed by atoms with E-state index in [1.54, 1.807) is 0 Å². The van der Waals surface area contributed by atoms with Gasteiger partial charge in [-0.2, -0.15) is 13.2 Å². The third-order valence-corrected chi connectivity index (χ3v) is 4.77. The number of nitrogens with one attached hydrogen (secondary N) is 2. The van der Waals surface area contributed by atoms with E-state index in [1.165, 1.54) is 0 Å². The minimum atomic E-state index is -4.71. The van der Waals surface area contributed by atoms with Crippen LogP contribution in [0.15, 0.2) is 29.2 Å². The number of halogens is 3. The Kier molecular flexibility index (Phi) is 7.57. The van der Waals surface area contributed by atoms with Gasteiger partial charge in [-0.15, -0.1) is 0 Å². The van der Waals surface area contributed by atoms with Gasteiger partial charge in [0.15, 0.2) is 0 Å². The quantitative estimate of drug-likeness (QED) is 0.589. The highest BCUT2D eigenvalue weighted by Gasteiger charge is 2.31. The zero-order valence-electron chi connectivity index (χ0n) is 13.8. The molecule has 1 atom stereocenters. The van der Waals surface area contributed by atoms with Gasteiger partial charge >= 0.3 is 12.1 Å². The van der Waals surface area contributed by atoms with E-state index < -0.39 is 51.1 Å². The van der Waals surface area contributed by atoms with E-state index in [9.17, 15) is 31.2 Å². The second kappa shape index (κ2) is 8.99. The number of hydrogen-bond donors (Lipinski definition) is 3. The van der Waals surface area contributed by atoms with Crippen LogP contribution in [-0.4, -0.2) is 38.0 Å². The number of carboxylic acids is 1. The van der Waals surface area contributed by atoms with Crippen LogP contribution >= 0.6 is 0 Å². The molecule has 0 fully saturated rings. The fraction of sp³-hybridized carbons (Fsp3) is 0.467. The van der Waals surface area contributed by atoms with Crippen molar-refractivity contribution in [3.8, 4) is 0 Å². The van der Waals surface area contributed by atoms with Crippen molar-refractivity contribution in [3.63, 3.8) is 0 Å². The maximum Gasteiger partial charge on any atom is 0.416 e. The Morgan fingerprint density at radius 3 is 2.46 bits per heavy atom. The first-order chi connectivity index (χ1) is 12.0. The summed E-state index contributed by atoms with van der Waals surface area (Å²) in [5.41, 5.74) is -1.14. The summed E-state index contributed by atoms with van der Waals surface area (Å²) >= 11 is 0. The predicted molar refractivity (Wildman–Crippen MR) is 85.7 cm³/mol. The van der Waals surface area contributed by atoms with Crippen LogP contribution in [0.2, 0.25) is 0 Å². The van der Waals surface area contributed by atoms with Crippen molar-refractivity contribution in [1.82, 2.24) is 10.0 Å². The Hall–Kier alpha value is -2.14. The van der Waals surface area contributed by atoms with Crippen LogP contribution in [0, 0.1) is 0 Å². The third kappa shape index (κ3) is 6.64. The molecule has 0 aliphatic heterocycles. The number of carboxylic acid groups (broad SMARTS) is 1. The molecule has 1 aromatic carbocycles. The predicted octanol–water partition coefficient (Wildman–Crippen LogP) is 1.74. The number of hydrogen-bond acceptors (Lipinski definition) is 4. The Morgan fingerprint density at radius 2 is 1.92 bits per heavy atom. The Labute approximate surface area is 148 Å². The molecule has 26 heavy (non-hydrogen) atoms. The fourth-order valence-corrected chi connectivity index (χ4v) is 3.02. The van der Waals surface area contributed by atoms with Crippen LogP contribution < -0.4 is 10.0 Å². The van der Waals surface area contributed by atoms with Crippen LogP contribution in [0.25, 0.3) is 0 Å². The molecule has 0 spiro atoms. The highest BCUT2D eigenvalue weighted by atomic mass is 32.2. The summed E-state index contributed by atoms with van der Waals surface area (Å²) in [5, 5.41) is 11.2. The summed E-state index contributed by atoms with van der Waals surface area (Å²) in [5.74, 6) is -2.16. The second-order valence-corrected chi connectivity index (χ2v) is 7.22. The molecule has 1 rings (SSSR count). The standard InChI is InChI=1S/C15H19F3N2O5S/c1-2-3-7-12(14(22)23)20-13(21)9-19-26(24,25)11-6-4-5-10(8-11)15(16,17)18/h4-6,8,12,19H,2-3,7,9H2,1H3,(H,20,21)(H,22,23). The zero-order chi connectivity index (χ0) is 20.0. The summed E-state index contributed by atoms with van der Waals surface area (Å²) < 4.78 is 63.9. The maximum absolute atomic E-state index is 12.7. The van der Waals surface area contributed by atoms with Gasteiger partial charge in [0.25, 0.3) is 0 Å². The largest absolute Gasteiger partial charge is 0.480 e. The number of carbonyl (C=O) groups is 2. The molecule has 0 saturated heterocycles. The van der Waals surface area contributed by atoms with Crippen molar-refractivity contribution in [2.45, 2.75) is 43.3 Å². The molecule has 0 aliphatic carbocycles. The van der Waals surface area contributed by atoms with Crippen molar-refractivity contribution in [1.29, 1.82) is 0 Å². The maximum atomic E-state index is 12.7. The molecular formula is C15H19F3N2O5S. The molecule has 146 valence electrons. The van der Waals surface area contributed by atoms with E-state index in [-0.39, 0.29) is 6.42 Å². The Balaban J connectivity index is 2.76. The topological polar surface area (TPSA) is 113 Å². The smallest absolute Gasteiger partial charge is 0.416 e. The lowest BCUT2D eigenvalue weighted by atomic mass is 10.1. The molecule has 3 N–H and O–H groups in total. The van der Waals surface area contributed by atoms with E-state index >= 15 is 0 Å². The summed E-state index contributed by atoms with van der Waals surface area (Å²) in [6, 6.07) is 1.89. The Bertz CT molecular complexity index is 750. The van der Waals surface area contributed by atoms with Crippen LogP contribution in [0.5, 0.6) is 0 Å². The number of benzene rings is 1. The third-order valence-electron chi connectivity index (χ3n) is 3.37. The zero-order valence-corrected chi connectivity index (χ0v) is 14.7. The van der Waals surface area contributed by atoms with Crippen molar-refractivity contribution < 1.29 is 36.3 Å². The van der Waals surface area contributed by atoms with Crippen LogP contribution in [0.3, 0.4) is 0 Å². The minimum Gasteiger partial charge on any atom is -0.480 e. The minimum absolute atomic E-state index is 0.179. The van der Waals surface area contributed by atoms with Crippen molar-refractivity contribution in [3.05, 3.63) is 29.8 Å². The Morgan fingerprint density at radius 1 is 1.27 bits per heavy atom. The number of unbranched alkanes of at least 4 members (excludes halogenated alkanes) is 1. The van der Waals surface area contributed by atoms with E-state index in [2.05, 4.69) is 5.32 Å².